The summed E-state index contributed by atoms with van der Waals surface area (Å²) >= 11 is 6.16. The van der Waals surface area contributed by atoms with Gasteiger partial charge in [-0.05, 0) is 31.0 Å². The van der Waals surface area contributed by atoms with E-state index >= 15 is 0 Å². The zero-order valence-electron chi connectivity index (χ0n) is 10.4. The maximum absolute atomic E-state index is 6.16. The molecule has 1 heterocycles. The number of rotatable bonds is 4. The molecule has 94 valence electrons. The lowest BCUT2D eigenvalue weighted by atomic mass is 9.88. The monoisotopic (exact) mass is 260 g/mol. The van der Waals surface area contributed by atoms with Crippen molar-refractivity contribution >= 4 is 11.6 Å². The SMILES string of the molecule is CC(N)C(Cc1ncccc1Cl)c1ccccc1. The third-order valence-corrected chi connectivity index (χ3v) is 3.45. The molecule has 0 bridgehead atoms. The van der Waals surface area contributed by atoms with Crippen molar-refractivity contribution in [3.8, 4) is 0 Å². The van der Waals surface area contributed by atoms with Gasteiger partial charge in [-0.25, -0.2) is 0 Å². The Morgan fingerprint density at radius 1 is 1.17 bits per heavy atom. The van der Waals surface area contributed by atoms with E-state index in [1.54, 1.807) is 6.20 Å². The van der Waals surface area contributed by atoms with E-state index in [2.05, 4.69) is 17.1 Å². The molecule has 1 aromatic carbocycles. The highest BCUT2D eigenvalue weighted by Gasteiger charge is 2.18. The lowest BCUT2D eigenvalue weighted by Crippen LogP contribution is -2.26. The summed E-state index contributed by atoms with van der Waals surface area (Å²) in [4.78, 5) is 4.34. The smallest absolute Gasteiger partial charge is 0.0621 e. The van der Waals surface area contributed by atoms with Gasteiger partial charge in [-0.15, -0.1) is 0 Å². The number of halogens is 1. The second kappa shape index (κ2) is 5.98. The molecule has 0 radical (unpaired) electrons. The summed E-state index contributed by atoms with van der Waals surface area (Å²) in [6.07, 6.45) is 2.53. The lowest BCUT2D eigenvalue weighted by Gasteiger charge is -2.21. The van der Waals surface area contributed by atoms with Gasteiger partial charge < -0.3 is 5.73 Å². The van der Waals surface area contributed by atoms with Crippen LogP contribution in [0.25, 0.3) is 0 Å². The molecule has 1 aromatic heterocycles. The van der Waals surface area contributed by atoms with Gasteiger partial charge in [0.1, 0.15) is 0 Å². The van der Waals surface area contributed by atoms with Crippen molar-refractivity contribution in [1.29, 1.82) is 0 Å². The van der Waals surface area contributed by atoms with Crippen molar-refractivity contribution in [3.05, 3.63) is 64.9 Å². The largest absolute Gasteiger partial charge is 0.327 e. The van der Waals surface area contributed by atoms with Crippen LogP contribution in [-0.4, -0.2) is 11.0 Å². The van der Waals surface area contributed by atoms with Crippen molar-refractivity contribution < 1.29 is 0 Å². The molecule has 2 nitrogen and oxygen atoms in total. The van der Waals surface area contributed by atoms with Crippen LogP contribution in [0.1, 0.15) is 24.1 Å². The van der Waals surface area contributed by atoms with E-state index in [4.69, 9.17) is 17.3 Å². The molecular weight excluding hydrogens is 244 g/mol. The van der Waals surface area contributed by atoms with Crippen LogP contribution in [0, 0.1) is 0 Å². The first-order valence-corrected chi connectivity index (χ1v) is 6.46. The standard InChI is InChI=1S/C15H17ClN2/c1-11(17)13(12-6-3-2-4-7-12)10-15-14(16)8-5-9-18-15/h2-9,11,13H,10,17H2,1H3. The molecule has 0 amide bonds. The van der Waals surface area contributed by atoms with E-state index in [-0.39, 0.29) is 12.0 Å². The zero-order valence-corrected chi connectivity index (χ0v) is 11.1. The van der Waals surface area contributed by atoms with Crippen LogP contribution in [0.4, 0.5) is 0 Å². The minimum Gasteiger partial charge on any atom is -0.327 e. The van der Waals surface area contributed by atoms with Gasteiger partial charge in [-0.2, -0.15) is 0 Å². The molecule has 0 aliphatic heterocycles. The van der Waals surface area contributed by atoms with Crippen LogP contribution in [0.5, 0.6) is 0 Å². The van der Waals surface area contributed by atoms with E-state index in [0.717, 1.165) is 12.1 Å². The summed E-state index contributed by atoms with van der Waals surface area (Å²) in [7, 11) is 0. The maximum Gasteiger partial charge on any atom is 0.0621 e. The molecule has 0 aliphatic carbocycles. The molecule has 2 N–H and O–H groups in total. The molecule has 2 atom stereocenters. The van der Waals surface area contributed by atoms with Gasteiger partial charge in [-0.3, -0.25) is 4.98 Å². The van der Waals surface area contributed by atoms with Gasteiger partial charge in [0, 0.05) is 18.2 Å². The minimum atomic E-state index is 0.0606. The van der Waals surface area contributed by atoms with Crippen LogP contribution in [0.3, 0.4) is 0 Å². The molecule has 18 heavy (non-hydrogen) atoms. The summed E-state index contributed by atoms with van der Waals surface area (Å²) in [6.45, 7) is 2.02. The van der Waals surface area contributed by atoms with E-state index in [0.29, 0.717) is 5.02 Å². The first-order chi connectivity index (χ1) is 8.68. The Bertz CT molecular complexity index is 497. The van der Waals surface area contributed by atoms with Gasteiger partial charge in [-0.1, -0.05) is 41.9 Å². The summed E-state index contributed by atoms with van der Waals surface area (Å²) in [5.41, 5.74) is 8.23. The van der Waals surface area contributed by atoms with Crippen molar-refractivity contribution in [2.45, 2.75) is 25.3 Å². The molecule has 0 saturated carbocycles. The molecule has 2 rings (SSSR count). The quantitative estimate of drug-likeness (QED) is 0.915. The van der Waals surface area contributed by atoms with Crippen molar-refractivity contribution in [2.75, 3.05) is 0 Å². The summed E-state index contributed by atoms with van der Waals surface area (Å²) in [5.74, 6) is 0.235. The molecule has 0 spiro atoms. The van der Waals surface area contributed by atoms with Crippen LogP contribution >= 0.6 is 11.6 Å². The van der Waals surface area contributed by atoms with E-state index < -0.39 is 0 Å². The molecule has 0 fully saturated rings. The fourth-order valence-corrected chi connectivity index (χ4v) is 2.28. The number of nitrogens with zero attached hydrogens (tertiary/aromatic N) is 1. The Morgan fingerprint density at radius 2 is 1.89 bits per heavy atom. The Hall–Kier alpha value is -1.38. The van der Waals surface area contributed by atoms with E-state index in [1.165, 1.54) is 5.56 Å². The number of pyridine rings is 1. The third-order valence-electron chi connectivity index (χ3n) is 3.11. The molecule has 2 unspecified atom stereocenters. The number of hydrogen-bond acceptors (Lipinski definition) is 2. The van der Waals surface area contributed by atoms with E-state index in [9.17, 15) is 0 Å². The maximum atomic E-state index is 6.16. The van der Waals surface area contributed by atoms with Gasteiger partial charge in [0.25, 0.3) is 0 Å². The van der Waals surface area contributed by atoms with Crippen molar-refractivity contribution in [3.63, 3.8) is 0 Å². The van der Waals surface area contributed by atoms with Gasteiger partial charge >= 0.3 is 0 Å². The van der Waals surface area contributed by atoms with E-state index in [1.807, 2.05) is 37.3 Å². The average Bonchev–Trinajstić information content (AvgIpc) is 2.38. The number of hydrogen-bond donors (Lipinski definition) is 1. The molecular formula is C15H17ClN2. The molecule has 3 heteroatoms. The zero-order chi connectivity index (χ0) is 13.0. The van der Waals surface area contributed by atoms with Crippen molar-refractivity contribution in [1.82, 2.24) is 4.98 Å². The van der Waals surface area contributed by atoms with Gasteiger partial charge in [0.05, 0.1) is 10.7 Å². The van der Waals surface area contributed by atoms with Gasteiger partial charge in [0.15, 0.2) is 0 Å². The first-order valence-electron chi connectivity index (χ1n) is 6.08. The van der Waals surface area contributed by atoms with Crippen LogP contribution < -0.4 is 5.73 Å². The van der Waals surface area contributed by atoms with Crippen LogP contribution in [0.15, 0.2) is 48.7 Å². The second-order valence-corrected chi connectivity index (χ2v) is 4.92. The topological polar surface area (TPSA) is 38.9 Å². The van der Waals surface area contributed by atoms with Crippen molar-refractivity contribution in [2.24, 2.45) is 5.73 Å². The highest BCUT2D eigenvalue weighted by molar-refractivity contribution is 6.31. The average molecular weight is 261 g/mol. The summed E-state index contributed by atoms with van der Waals surface area (Å²) in [5, 5.41) is 0.707. The fourth-order valence-electron chi connectivity index (χ4n) is 2.08. The number of aromatic nitrogens is 1. The lowest BCUT2D eigenvalue weighted by molar-refractivity contribution is 0.559. The highest BCUT2D eigenvalue weighted by Crippen LogP contribution is 2.25. The number of nitrogens with two attached hydrogens (primary N) is 1. The normalized spacial score (nSPS) is 14.2. The van der Waals surface area contributed by atoms with Gasteiger partial charge in [0.2, 0.25) is 0 Å². The first kappa shape index (κ1) is 13.1. The predicted molar refractivity (Wildman–Crippen MR) is 75.8 cm³/mol. The Balaban J connectivity index is 2.26. The number of benzene rings is 1. The Kier molecular flexibility index (Phi) is 4.34. The molecule has 0 saturated heterocycles. The molecule has 2 aromatic rings. The summed E-state index contributed by atoms with van der Waals surface area (Å²) < 4.78 is 0. The minimum absolute atomic E-state index is 0.0606. The summed E-state index contributed by atoms with van der Waals surface area (Å²) in [6, 6.07) is 14.0. The Morgan fingerprint density at radius 3 is 2.50 bits per heavy atom. The second-order valence-electron chi connectivity index (χ2n) is 4.51. The third kappa shape index (κ3) is 3.09. The predicted octanol–water partition coefficient (Wildman–Crippen LogP) is 3.41. The molecule has 0 aliphatic rings. The Labute approximate surface area is 113 Å². The van der Waals surface area contributed by atoms with Crippen LogP contribution in [-0.2, 0) is 6.42 Å². The fraction of sp³-hybridized carbons (Fsp3) is 0.267. The highest BCUT2D eigenvalue weighted by atomic mass is 35.5. The van der Waals surface area contributed by atoms with Crippen LogP contribution in [0.2, 0.25) is 5.02 Å².